The topological polar surface area (TPSA) is 0 Å². The molecule has 0 heterocycles. The average molecular weight is 454 g/mol. The quantitative estimate of drug-likeness (QED) is 0.376. The van der Waals surface area contributed by atoms with Crippen molar-refractivity contribution in [3.63, 3.8) is 0 Å². The highest BCUT2D eigenvalue weighted by atomic mass is 127. The van der Waals surface area contributed by atoms with E-state index in [1.165, 1.54) is 6.07 Å². The van der Waals surface area contributed by atoms with Crippen molar-refractivity contribution in [1.29, 1.82) is 0 Å². The summed E-state index contributed by atoms with van der Waals surface area (Å²) in [6, 6.07) is 8.90. The highest BCUT2D eigenvalue weighted by molar-refractivity contribution is 14.1. The fourth-order valence-corrected chi connectivity index (χ4v) is 4.28. The van der Waals surface area contributed by atoms with E-state index in [0.29, 0.717) is 0 Å². The van der Waals surface area contributed by atoms with E-state index in [0.717, 1.165) is 30.8 Å². The Bertz CT molecular complexity index is 628. The minimum Gasteiger partial charge on any atom is -0.207 e. The third-order valence-electron chi connectivity index (χ3n) is 3.06. The fourth-order valence-electron chi connectivity index (χ4n) is 1.95. The summed E-state index contributed by atoms with van der Waals surface area (Å²) in [7, 11) is 0. The molecule has 0 saturated carbocycles. The van der Waals surface area contributed by atoms with Crippen LogP contribution in [0.3, 0.4) is 0 Å². The Morgan fingerprint density at radius 2 is 1.79 bits per heavy atom. The van der Waals surface area contributed by atoms with Gasteiger partial charge in [-0.1, -0.05) is 39.7 Å². The normalized spacial score (nSPS) is 12.5. The van der Waals surface area contributed by atoms with E-state index in [-0.39, 0.29) is 10.6 Å². The van der Waals surface area contributed by atoms with Gasteiger partial charge in [-0.05, 0) is 76.9 Å². The van der Waals surface area contributed by atoms with Crippen molar-refractivity contribution in [1.82, 2.24) is 0 Å². The largest absolute Gasteiger partial charge is 0.207 e. The lowest BCUT2D eigenvalue weighted by Crippen LogP contribution is -2.00. The summed E-state index contributed by atoms with van der Waals surface area (Å²) in [6.07, 6.45) is 0. The molecule has 2 aromatic carbocycles. The monoisotopic (exact) mass is 452 g/mol. The molecule has 0 spiro atoms. The van der Waals surface area contributed by atoms with Crippen LogP contribution in [0.25, 0.3) is 0 Å². The third-order valence-corrected chi connectivity index (χ3v) is 5.38. The zero-order valence-electron chi connectivity index (χ0n) is 10.5. The summed E-state index contributed by atoms with van der Waals surface area (Å²) >= 11 is 12.0. The first-order valence-corrected chi connectivity index (χ1v) is 8.13. The maximum atomic E-state index is 13.2. The van der Waals surface area contributed by atoms with E-state index in [9.17, 15) is 4.39 Å². The highest BCUT2D eigenvalue weighted by Crippen LogP contribution is 2.37. The van der Waals surface area contributed by atoms with Crippen LogP contribution in [0, 0.1) is 23.2 Å². The highest BCUT2D eigenvalue weighted by Gasteiger charge is 2.17. The second-order valence-corrected chi connectivity index (χ2v) is 6.97. The van der Waals surface area contributed by atoms with Gasteiger partial charge in [-0.3, -0.25) is 0 Å². The number of halogens is 4. The minimum atomic E-state index is -0.211. The Balaban J connectivity index is 2.49. The number of benzene rings is 2. The van der Waals surface area contributed by atoms with Gasteiger partial charge in [0.25, 0.3) is 0 Å². The van der Waals surface area contributed by atoms with E-state index < -0.39 is 0 Å². The first-order chi connectivity index (χ1) is 8.90. The number of hydrogen-bond donors (Lipinski definition) is 0. The van der Waals surface area contributed by atoms with Gasteiger partial charge in [-0.15, -0.1) is 0 Å². The summed E-state index contributed by atoms with van der Waals surface area (Å²) in [6.45, 7) is 4.02. The van der Waals surface area contributed by atoms with Gasteiger partial charge in [-0.25, -0.2) is 4.39 Å². The molecule has 100 valence electrons. The molecule has 1 unspecified atom stereocenters. The van der Waals surface area contributed by atoms with Crippen LogP contribution < -0.4 is 0 Å². The van der Waals surface area contributed by atoms with E-state index in [1.54, 1.807) is 6.07 Å². The molecule has 0 bridgehead atoms. The van der Waals surface area contributed by atoms with Gasteiger partial charge in [0.15, 0.2) is 0 Å². The second-order valence-electron chi connectivity index (χ2n) is 4.49. The Kier molecular flexibility index (Phi) is 4.90. The van der Waals surface area contributed by atoms with Crippen LogP contribution in [0.2, 0.25) is 5.02 Å². The molecule has 19 heavy (non-hydrogen) atoms. The van der Waals surface area contributed by atoms with Crippen LogP contribution in [0.1, 0.15) is 27.1 Å². The van der Waals surface area contributed by atoms with Gasteiger partial charge < -0.3 is 0 Å². The van der Waals surface area contributed by atoms with Crippen molar-refractivity contribution in [2.24, 2.45) is 0 Å². The number of rotatable bonds is 2. The summed E-state index contributed by atoms with van der Waals surface area (Å²) in [5, 5.41) is 0.773. The smallest absolute Gasteiger partial charge is 0.124 e. The number of alkyl halides is 1. The van der Waals surface area contributed by atoms with Crippen molar-refractivity contribution >= 4 is 50.1 Å². The van der Waals surface area contributed by atoms with Crippen LogP contribution in [-0.4, -0.2) is 0 Å². The van der Waals surface area contributed by atoms with Gasteiger partial charge in [0.2, 0.25) is 0 Å². The van der Waals surface area contributed by atoms with E-state index in [1.807, 2.05) is 26.0 Å². The Labute approximate surface area is 139 Å². The molecule has 4 heteroatoms. The predicted molar refractivity (Wildman–Crippen MR) is 90.8 cm³/mol. The van der Waals surface area contributed by atoms with Gasteiger partial charge in [0.05, 0.1) is 4.83 Å². The predicted octanol–water partition coefficient (Wildman–Crippen LogP) is 6.18. The van der Waals surface area contributed by atoms with Crippen molar-refractivity contribution in [2.75, 3.05) is 0 Å². The van der Waals surface area contributed by atoms with Crippen LogP contribution in [0.15, 0.2) is 30.3 Å². The van der Waals surface area contributed by atoms with Crippen molar-refractivity contribution in [3.8, 4) is 0 Å². The Morgan fingerprint density at radius 1 is 1.11 bits per heavy atom. The standard InChI is InChI=1S/C15H12BrClFI/c1-8-6-13(17)9(2)5-12(8)15(16)11-4-3-10(18)7-14(11)19/h3-7,15H,1-2H3. The second kappa shape index (κ2) is 6.10. The molecule has 0 N–H and O–H groups in total. The molecular formula is C15H12BrClFI. The molecule has 0 nitrogen and oxygen atoms in total. The number of aryl methyl sites for hydroxylation is 2. The van der Waals surface area contributed by atoms with E-state index >= 15 is 0 Å². The lowest BCUT2D eigenvalue weighted by atomic mass is 9.98. The Morgan fingerprint density at radius 3 is 2.42 bits per heavy atom. The maximum absolute atomic E-state index is 13.2. The fraction of sp³-hybridized carbons (Fsp3) is 0.200. The van der Waals surface area contributed by atoms with Crippen LogP contribution in [-0.2, 0) is 0 Å². The molecule has 0 radical (unpaired) electrons. The molecule has 2 rings (SSSR count). The summed E-state index contributed by atoms with van der Waals surface area (Å²) < 4.78 is 14.1. The van der Waals surface area contributed by atoms with E-state index in [2.05, 4.69) is 44.6 Å². The third kappa shape index (κ3) is 3.31. The molecule has 0 fully saturated rings. The molecule has 0 aliphatic heterocycles. The van der Waals surface area contributed by atoms with Crippen LogP contribution in [0.4, 0.5) is 4.39 Å². The molecular weight excluding hydrogens is 441 g/mol. The summed E-state index contributed by atoms with van der Waals surface area (Å²) in [5.74, 6) is -0.211. The molecule has 2 aromatic rings. The van der Waals surface area contributed by atoms with Crippen molar-refractivity contribution < 1.29 is 4.39 Å². The molecule has 0 saturated heterocycles. The van der Waals surface area contributed by atoms with Gasteiger partial charge in [-0.2, -0.15) is 0 Å². The zero-order valence-corrected chi connectivity index (χ0v) is 15.0. The van der Waals surface area contributed by atoms with Crippen LogP contribution >= 0.6 is 50.1 Å². The van der Waals surface area contributed by atoms with Gasteiger partial charge in [0, 0.05) is 8.59 Å². The number of hydrogen-bond acceptors (Lipinski definition) is 0. The van der Waals surface area contributed by atoms with E-state index in [4.69, 9.17) is 11.6 Å². The van der Waals surface area contributed by atoms with Crippen molar-refractivity contribution in [3.05, 3.63) is 67.0 Å². The zero-order chi connectivity index (χ0) is 14.2. The average Bonchev–Trinajstić information content (AvgIpc) is 2.33. The maximum Gasteiger partial charge on any atom is 0.124 e. The molecule has 0 amide bonds. The van der Waals surface area contributed by atoms with Gasteiger partial charge in [0.1, 0.15) is 5.82 Å². The first-order valence-electron chi connectivity index (χ1n) is 5.76. The van der Waals surface area contributed by atoms with Crippen LogP contribution in [0.5, 0.6) is 0 Å². The lowest BCUT2D eigenvalue weighted by Gasteiger charge is -2.17. The first kappa shape index (κ1) is 15.3. The molecule has 0 aliphatic rings. The van der Waals surface area contributed by atoms with Crippen molar-refractivity contribution in [2.45, 2.75) is 18.7 Å². The Hall–Kier alpha value is -0.130. The SMILES string of the molecule is Cc1cc(C(Br)c2ccc(F)cc2I)c(C)cc1Cl. The summed E-state index contributed by atoms with van der Waals surface area (Å²) in [4.78, 5) is 0.0379. The molecule has 1 atom stereocenters. The minimum absolute atomic E-state index is 0.0379. The molecule has 0 aliphatic carbocycles. The van der Waals surface area contributed by atoms with Gasteiger partial charge >= 0.3 is 0 Å². The lowest BCUT2D eigenvalue weighted by molar-refractivity contribution is 0.626. The molecule has 0 aromatic heterocycles. The summed E-state index contributed by atoms with van der Waals surface area (Å²) in [5.41, 5.74) is 4.39.